The van der Waals surface area contributed by atoms with Crippen molar-refractivity contribution in [3.63, 3.8) is 0 Å². The topological polar surface area (TPSA) is 63.3 Å². The molecule has 20 heavy (non-hydrogen) atoms. The maximum absolute atomic E-state index is 10.4. The number of alkyl halides is 1. The summed E-state index contributed by atoms with van der Waals surface area (Å²) < 4.78 is 0. The van der Waals surface area contributed by atoms with Crippen LogP contribution in [0.25, 0.3) is 0 Å². The van der Waals surface area contributed by atoms with Gasteiger partial charge in [0.1, 0.15) is 4.88 Å². The lowest BCUT2D eigenvalue weighted by Gasteiger charge is -2.04. The zero-order chi connectivity index (χ0) is 15.0. The molecule has 1 saturated carbocycles. The van der Waals surface area contributed by atoms with Crippen molar-refractivity contribution in [3.8, 4) is 0 Å². The Hall–Kier alpha value is -0.580. The van der Waals surface area contributed by atoms with Crippen LogP contribution in [0.15, 0.2) is 12.1 Å². The summed E-state index contributed by atoms with van der Waals surface area (Å²) in [6.07, 6.45) is 6.91. The molecule has 1 aliphatic rings. The average molecular weight is 318 g/mol. The van der Waals surface area contributed by atoms with Gasteiger partial charge in [-0.2, -0.15) is 0 Å². The summed E-state index contributed by atoms with van der Waals surface area (Å²) in [7, 11) is 0. The molecule has 0 amide bonds. The van der Waals surface area contributed by atoms with Crippen LogP contribution in [0, 0.1) is 5.92 Å². The van der Waals surface area contributed by atoms with E-state index in [4.69, 9.17) is 22.4 Å². The van der Waals surface area contributed by atoms with E-state index in [2.05, 4.69) is 6.92 Å². The molecule has 0 saturated heterocycles. The summed E-state index contributed by atoms with van der Waals surface area (Å²) in [6.45, 7) is 2.91. The number of hydrogen-bond acceptors (Lipinski definition) is 3. The van der Waals surface area contributed by atoms with Crippen molar-refractivity contribution in [1.82, 2.24) is 0 Å². The van der Waals surface area contributed by atoms with E-state index in [0.29, 0.717) is 10.3 Å². The molecule has 3 N–H and O–H groups in total. The zero-order valence-electron chi connectivity index (χ0n) is 12.0. The van der Waals surface area contributed by atoms with Crippen LogP contribution in [-0.4, -0.2) is 23.0 Å². The molecule has 2 unspecified atom stereocenters. The quantitative estimate of drug-likeness (QED) is 0.802. The highest BCUT2D eigenvalue weighted by Crippen LogP contribution is 2.30. The first-order chi connectivity index (χ1) is 9.56. The van der Waals surface area contributed by atoms with Gasteiger partial charge >= 0.3 is 5.97 Å². The molecule has 1 aromatic heterocycles. The highest BCUT2D eigenvalue weighted by atomic mass is 35.5. The second-order valence-electron chi connectivity index (χ2n) is 5.17. The number of aryl methyl sites for hydroxylation is 1. The lowest BCUT2D eigenvalue weighted by molar-refractivity contribution is 0.0702. The molecule has 0 spiro atoms. The summed E-state index contributed by atoms with van der Waals surface area (Å²) in [6, 6.07) is 3.55. The lowest BCUT2D eigenvalue weighted by atomic mass is 10.1. The summed E-state index contributed by atoms with van der Waals surface area (Å²) >= 11 is 7.27. The van der Waals surface area contributed by atoms with E-state index in [1.807, 2.05) is 6.07 Å². The molecule has 2 rings (SSSR count). The predicted molar refractivity (Wildman–Crippen MR) is 85.9 cm³/mol. The van der Waals surface area contributed by atoms with Crippen LogP contribution in [0.2, 0.25) is 0 Å². The number of nitrogens with two attached hydrogens (primary N) is 1. The number of halogens is 1. The molecule has 0 bridgehead atoms. The Morgan fingerprint density at radius 2 is 2.25 bits per heavy atom. The largest absolute Gasteiger partial charge is 0.477 e. The number of carbonyl (C=O) groups is 1. The Kier molecular flexibility index (Phi) is 8.19. The van der Waals surface area contributed by atoms with Gasteiger partial charge in [-0.1, -0.05) is 13.3 Å². The normalized spacial score (nSPS) is 21.4. The maximum Gasteiger partial charge on any atom is 0.345 e. The summed E-state index contributed by atoms with van der Waals surface area (Å²) in [5.74, 6) is 0.00912. The van der Waals surface area contributed by atoms with Crippen LogP contribution >= 0.6 is 22.9 Å². The molecule has 3 nitrogen and oxygen atoms in total. The van der Waals surface area contributed by atoms with Crippen molar-refractivity contribution in [2.75, 3.05) is 6.54 Å². The van der Waals surface area contributed by atoms with Crippen molar-refractivity contribution in [2.45, 2.75) is 50.8 Å². The average Bonchev–Trinajstić information content (AvgIpc) is 3.01. The second kappa shape index (κ2) is 9.37. The number of aromatic carboxylic acids is 1. The zero-order valence-corrected chi connectivity index (χ0v) is 13.6. The van der Waals surface area contributed by atoms with Crippen LogP contribution < -0.4 is 5.73 Å². The van der Waals surface area contributed by atoms with Gasteiger partial charge in [-0.25, -0.2) is 4.79 Å². The van der Waals surface area contributed by atoms with Gasteiger partial charge in [0, 0.05) is 10.3 Å². The third-order valence-electron chi connectivity index (χ3n) is 3.42. The van der Waals surface area contributed by atoms with E-state index in [1.165, 1.54) is 37.0 Å². The van der Waals surface area contributed by atoms with Gasteiger partial charge in [-0.3, -0.25) is 0 Å². The van der Waals surface area contributed by atoms with Gasteiger partial charge in [-0.05, 0) is 56.7 Å². The summed E-state index contributed by atoms with van der Waals surface area (Å²) in [5.41, 5.74) is 5.41. The van der Waals surface area contributed by atoms with Gasteiger partial charge in [0.05, 0.1) is 0 Å². The van der Waals surface area contributed by atoms with Gasteiger partial charge in [0.2, 0.25) is 0 Å². The maximum atomic E-state index is 10.4. The van der Waals surface area contributed by atoms with E-state index in [9.17, 15) is 4.79 Å². The Morgan fingerprint density at radius 3 is 2.70 bits per heavy atom. The number of hydrogen-bond donors (Lipinski definition) is 2. The van der Waals surface area contributed by atoms with E-state index in [0.717, 1.165) is 30.2 Å². The SMILES string of the molecule is CCCc1ccc(C(=O)O)s1.NCCC1CCC(Cl)C1. The Bertz CT molecular complexity index is 406. The van der Waals surface area contributed by atoms with Crippen LogP contribution in [0.4, 0.5) is 0 Å². The minimum atomic E-state index is -0.822. The Morgan fingerprint density at radius 1 is 1.50 bits per heavy atom. The molecule has 1 fully saturated rings. The van der Waals surface area contributed by atoms with E-state index < -0.39 is 5.97 Å². The van der Waals surface area contributed by atoms with Crippen LogP contribution in [0.5, 0.6) is 0 Å². The van der Waals surface area contributed by atoms with Crippen molar-refractivity contribution >= 4 is 28.9 Å². The third-order valence-corrected chi connectivity index (χ3v) is 4.95. The van der Waals surface area contributed by atoms with Crippen molar-refractivity contribution < 1.29 is 9.90 Å². The minimum Gasteiger partial charge on any atom is -0.477 e. The highest BCUT2D eigenvalue weighted by Gasteiger charge is 2.21. The molecule has 5 heteroatoms. The minimum absolute atomic E-state index is 0.438. The molecule has 1 heterocycles. The van der Waals surface area contributed by atoms with E-state index in [-0.39, 0.29) is 0 Å². The second-order valence-corrected chi connectivity index (χ2v) is 6.96. The molecular weight excluding hydrogens is 294 g/mol. The molecule has 2 atom stereocenters. The van der Waals surface area contributed by atoms with Crippen molar-refractivity contribution in [1.29, 1.82) is 0 Å². The number of carboxylic acid groups (broad SMARTS) is 1. The fourth-order valence-electron chi connectivity index (χ4n) is 2.39. The predicted octanol–water partition coefficient (Wildman–Crippen LogP) is 4.14. The number of carboxylic acids is 1. The number of rotatable bonds is 5. The van der Waals surface area contributed by atoms with Gasteiger partial charge in [-0.15, -0.1) is 22.9 Å². The molecule has 0 aliphatic heterocycles. The third kappa shape index (κ3) is 6.25. The van der Waals surface area contributed by atoms with Crippen LogP contribution in [0.1, 0.15) is 53.6 Å². The standard InChI is InChI=1S/C8H10O2S.C7H14ClN/c1-2-3-6-4-5-7(11-6)8(9)10;8-7-2-1-6(5-7)3-4-9/h4-5H,2-3H2,1H3,(H,9,10);6-7H,1-5,9H2. The fourth-order valence-corrected chi connectivity index (χ4v) is 3.71. The smallest absolute Gasteiger partial charge is 0.345 e. The first-order valence-corrected chi connectivity index (χ1v) is 8.48. The van der Waals surface area contributed by atoms with Gasteiger partial charge in [0.25, 0.3) is 0 Å². The van der Waals surface area contributed by atoms with Crippen LogP contribution in [-0.2, 0) is 6.42 Å². The molecular formula is C15H24ClNO2S. The molecule has 0 radical (unpaired) electrons. The van der Waals surface area contributed by atoms with Gasteiger partial charge < -0.3 is 10.8 Å². The highest BCUT2D eigenvalue weighted by molar-refractivity contribution is 7.13. The Labute approximate surface area is 130 Å². The molecule has 1 aliphatic carbocycles. The summed E-state index contributed by atoms with van der Waals surface area (Å²) in [4.78, 5) is 12.0. The van der Waals surface area contributed by atoms with E-state index >= 15 is 0 Å². The lowest BCUT2D eigenvalue weighted by Crippen LogP contribution is -2.05. The molecule has 114 valence electrons. The monoisotopic (exact) mass is 317 g/mol. The first kappa shape index (κ1) is 17.5. The first-order valence-electron chi connectivity index (χ1n) is 7.23. The fraction of sp³-hybridized carbons (Fsp3) is 0.667. The van der Waals surface area contributed by atoms with Crippen molar-refractivity contribution in [3.05, 3.63) is 21.9 Å². The van der Waals surface area contributed by atoms with Crippen molar-refractivity contribution in [2.24, 2.45) is 11.7 Å². The number of thiophene rings is 1. The van der Waals surface area contributed by atoms with Gasteiger partial charge in [0.15, 0.2) is 0 Å². The molecule has 0 aromatic carbocycles. The molecule has 1 aromatic rings. The van der Waals surface area contributed by atoms with Crippen LogP contribution in [0.3, 0.4) is 0 Å². The summed E-state index contributed by atoms with van der Waals surface area (Å²) in [5, 5.41) is 9.02. The van der Waals surface area contributed by atoms with E-state index in [1.54, 1.807) is 6.07 Å². The Balaban J connectivity index is 0.000000204.